The minimum Gasteiger partial charge on any atom is -0.504 e. The second-order valence-electron chi connectivity index (χ2n) is 7.76. The average Bonchev–Trinajstić information content (AvgIpc) is 3.25. The maximum atomic E-state index is 10.6. The van der Waals surface area contributed by atoms with Gasteiger partial charge < -0.3 is 35.6 Å². The molecule has 1 aliphatic rings. The number of aromatic hydroxyl groups is 6. The highest BCUT2D eigenvalue weighted by atomic mass is 16.3. The van der Waals surface area contributed by atoms with E-state index in [1.165, 1.54) is 30.3 Å². The molecule has 8 heteroatoms. The first-order chi connectivity index (χ1) is 15.3. The molecule has 2 heterocycles. The number of rotatable bonds is 2. The lowest BCUT2D eigenvalue weighted by Gasteiger charge is -2.25. The number of hydrogen-bond donors (Lipinski definition) is 6. The highest BCUT2D eigenvalue weighted by molar-refractivity contribution is 5.91. The Hall–Kier alpha value is -4.46. The van der Waals surface area contributed by atoms with E-state index in [9.17, 15) is 30.6 Å². The Kier molecular flexibility index (Phi) is 4.13. The maximum absolute atomic E-state index is 10.6. The zero-order chi connectivity index (χ0) is 22.7. The molecule has 1 atom stereocenters. The molecule has 0 bridgehead atoms. The molecule has 0 spiro atoms. The summed E-state index contributed by atoms with van der Waals surface area (Å²) in [4.78, 5) is 0. The largest absolute Gasteiger partial charge is 0.504 e. The molecule has 32 heavy (non-hydrogen) atoms. The number of aromatic nitrogens is 1. The molecule has 6 N–H and O–H groups in total. The van der Waals surface area contributed by atoms with Crippen LogP contribution in [0.1, 0.15) is 17.2 Å². The summed E-state index contributed by atoms with van der Waals surface area (Å²) in [5, 5.41) is 63.6. The molecule has 8 nitrogen and oxygen atoms in total. The van der Waals surface area contributed by atoms with Crippen molar-refractivity contribution in [3.8, 4) is 34.5 Å². The van der Waals surface area contributed by atoms with Gasteiger partial charge in [0.15, 0.2) is 34.5 Å². The Balaban J connectivity index is 1.83. The van der Waals surface area contributed by atoms with E-state index in [2.05, 4.69) is 0 Å². The average molecular weight is 432 g/mol. The quantitative estimate of drug-likeness (QED) is 0.267. The van der Waals surface area contributed by atoms with Gasteiger partial charge in [0.25, 0.3) is 0 Å². The van der Waals surface area contributed by atoms with Crippen LogP contribution in [0.2, 0.25) is 0 Å². The van der Waals surface area contributed by atoms with E-state index in [1.807, 2.05) is 22.8 Å². The van der Waals surface area contributed by atoms with Crippen molar-refractivity contribution in [2.24, 2.45) is 0 Å². The molecule has 0 saturated heterocycles. The lowest BCUT2D eigenvalue weighted by molar-refractivity contribution is 0.403. The van der Waals surface area contributed by atoms with Crippen molar-refractivity contribution in [1.82, 2.24) is 4.68 Å². The Labute approximate surface area is 181 Å². The molecule has 5 rings (SSSR count). The molecule has 4 aromatic rings. The summed E-state index contributed by atoms with van der Waals surface area (Å²) in [6, 6.07) is 11.9. The molecule has 162 valence electrons. The predicted octanol–water partition coefficient (Wildman–Crippen LogP) is 1.81. The van der Waals surface area contributed by atoms with E-state index in [1.54, 1.807) is 24.3 Å². The summed E-state index contributed by atoms with van der Waals surface area (Å²) in [7, 11) is 1.85. The third kappa shape index (κ3) is 2.77. The van der Waals surface area contributed by atoms with E-state index >= 15 is 0 Å². The van der Waals surface area contributed by atoms with E-state index in [-0.39, 0.29) is 40.5 Å². The number of nitrogens with zero attached hydrogens (tertiary/aromatic N) is 2. The fourth-order valence-electron chi connectivity index (χ4n) is 4.24. The van der Waals surface area contributed by atoms with Crippen LogP contribution < -0.4 is 15.6 Å². The first kappa shape index (κ1) is 19.5. The van der Waals surface area contributed by atoms with Crippen LogP contribution in [0.15, 0.2) is 48.5 Å². The molecule has 0 aliphatic carbocycles. The zero-order valence-corrected chi connectivity index (χ0v) is 16.9. The van der Waals surface area contributed by atoms with Crippen molar-refractivity contribution in [2.75, 3.05) is 12.1 Å². The van der Waals surface area contributed by atoms with E-state index in [4.69, 9.17) is 0 Å². The van der Waals surface area contributed by atoms with Crippen molar-refractivity contribution >= 4 is 23.1 Å². The molecule has 1 aliphatic heterocycles. The molecule has 1 aromatic heterocycles. The number of benzene rings is 3. The van der Waals surface area contributed by atoms with Gasteiger partial charge >= 0.3 is 0 Å². The summed E-state index contributed by atoms with van der Waals surface area (Å²) in [5.41, 5.74) is 1.98. The van der Waals surface area contributed by atoms with Gasteiger partial charge in [0, 0.05) is 12.3 Å². The van der Waals surface area contributed by atoms with Gasteiger partial charge in [0.2, 0.25) is 0 Å². The van der Waals surface area contributed by atoms with E-state index in [0.29, 0.717) is 21.7 Å². The smallest absolute Gasteiger partial charge is 0.167 e. The van der Waals surface area contributed by atoms with Gasteiger partial charge in [-0.15, -0.1) is 0 Å². The molecule has 1 unspecified atom stereocenters. The standard InChI is InChI=1S/C24H20N2O6/c1-25-16(13-3-6-19(28)22(31)10-13)11-17-14(8-12-2-5-18(27)21(30)9-12)23-15(26(17)25)4-7-20(29)24(23)32/h2-11,16,27-32H,1H3/b14-8+. The Morgan fingerprint density at radius 3 is 2.09 bits per heavy atom. The topological polar surface area (TPSA) is 130 Å². The first-order valence-corrected chi connectivity index (χ1v) is 9.82. The number of phenolic OH excluding ortho intramolecular Hbond substituents is 6. The fraction of sp³-hybridized carbons (Fsp3) is 0.0833. The van der Waals surface area contributed by atoms with Gasteiger partial charge in [-0.3, -0.25) is 4.68 Å². The highest BCUT2D eigenvalue weighted by Crippen LogP contribution is 2.35. The molecule has 0 fully saturated rings. The van der Waals surface area contributed by atoms with Crippen molar-refractivity contribution < 1.29 is 30.6 Å². The van der Waals surface area contributed by atoms with Crippen LogP contribution in [0, 0.1) is 0 Å². The number of hydrogen-bond acceptors (Lipinski definition) is 7. The molecule has 0 radical (unpaired) electrons. The monoisotopic (exact) mass is 432 g/mol. The van der Waals surface area contributed by atoms with Crippen LogP contribution in [0.5, 0.6) is 34.5 Å². The van der Waals surface area contributed by atoms with Crippen LogP contribution in [0.3, 0.4) is 0 Å². The SMILES string of the molecule is CN1C(c2ccc(O)c(O)c2)C=c2/c(=C\c3ccc(O)c(O)c3)c3c(O)c(O)ccc3n21. The van der Waals surface area contributed by atoms with Gasteiger partial charge in [-0.2, -0.15) is 0 Å². The third-order valence-corrected chi connectivity index (χ3v) is 5.82. The lowest BCUT2D eigenvalue weighted by atomic mass is 10.0. The van der Waals surface area contributed by atoms with Crippen molar-refractivity contribution in [3.63, 3.8) is 0 Å². The van der Waals surface area contributed by atoms with Gasteiger partial charge in [0.1, 0.15) is 0 Å². The second-order valence-corrected chi connectivity index (χ2v) is 7.76. The molecular formula is C24H20N2O6. The Morgan fingerprint density at radius 2 is 1.41 bits per heavy atom. The van der Waals surface area contributed by atoms with Crippen LogP contribution in [-0.4, -0.2) is 42.4 Å². The summed E-state index contributed by atoms with van der Waals surface area (Å²) < 4.78 is 1.88. The highest BCUT2D eigenvalue weighted by Gasteiger charge is 2.27. The lowest BCUT2D eigenvalue weighted by Crippen LogP contribution is -2.35. The summed E-state index contributed by atoms with van der Waals surface area (Å²) in [6.45, 7) is 0. The Morgan fingerprint density at radius 1 is 0.750 bits per heavy atom. The number of fused-ring (bicyclic) bond motifs is 3. The summed E-state index contributed by atoms with van der Waals surface area (Å²) in [6.07, 6.45) is 3.68. The van der Waals surface area contributed by atoms with Gasteiger partial charge in [-0.25, -0.2) is 0 Å². The van der Waals surface area contributed by atoms with Crippen molar-refractivity contribution in [1.29, 1.82) is 0 Å². The maximum Gasteiger partial charge on any atom is 0.167 e. The van der Waals surface area contributed by atoms with Crippen molar-refractivity contribution in [2.45, 2.75) is 6.04 Å². The first-order valence-electron chi connectivity index (χ1n) is 9.82. The predicted molar refractivity (Wildman–Crippen MR) is 119 cm³/mol. The van der Waals surface area contributed by atoms with Crippen LogP contribution in [-0.2, 0) is 0 Å². The molecule has 0 saturated carbocycles. The minimum absolute atomic E-state index is 0.207. The van der Waals surface area contributed by atoms with Gasteiger partial charge in [-0.05, 0) is 59.7 Å². The summed E-state index contributed by atoms with van der Waals surface area (Å²) >= 11 is 0. The Bertz CT molecular complexity index is 1520. The van der Waals surface area contributed by atoms with Gasteiger partial charge in [-0.1, -0.05) is 12.1 Å². The molecule has 0 amide bonds. The van der Waals surface area contributed by atoms with Crippen LogP contribution >= 0.6 is 0 Å². The van der Waals surface area contributed by atoms with Crippen LogP contribution in [0.25, 0.3) is 23.1 Å². The summed E-state index contributed by atoms with van der Waals surface area (Å²) in [5.74, 6) is -1.47. The molecule has 3 aromatic carbocycles. The van der Waals surface area contributed by atoms with Gasteiger partial charge in [0.05, 0.1) is 22.3 Å². The number of phenols is 6. The van der Waals surface area contributed by atoms with Crippen LogP contribution in [0.4, 0.5) is 0 Å². The van der Waals surface area contributed by atoms with Crippen molar-refractivity contribution in [3.05, 3.63) is 70.2 Å². The zero-order valence-electron chi connectivity index (χ0n) is 16.9. The second kappa shape index (κ2) is 6.78. The molecular weight excluding hydrogens is 412 g/mol. The third-order valence-electron chi connectivity index (χ3n) is 5.82. The van der Waals surface area contributed by atoms with E-state index < -0.39 is 0 Å². The van der Waals surface area contributed by atoms with E-state index in [0.717, 1.165) is 10.9 Å². The minimum atomic E-state index is -0.280. The normalized spacial score (nSPS) is 15.8. The fourth-order valence-corrected chi connectivity index (χ4v) is 4.24.